The van der Waals surface area contributed by atoms with Gasteiger partial charge in [-0.1, -0.05) is 18.5 Å². The molecule has 3 nitrogen and oxygen atoms in total. The van der Waals surface area contributed by atoms with E-state index < -0.39 is 15.8 Å². The minimum atomic E-state index is -3.89. The monoisotopic (exact) mass is 371 g/mol. The minimum Gasteiger partial charge on any atom is -0.207 e. The van der Waals surface area contributed by atoms with Crippen LogP contribution in [0.4, 0.5) is 4.39 Å². The van der Waals surface area contributed by atoms with Gasteiger partial charge in [0.2, 0.25) is 10.0 Å². The SMILES string of the molecule is CCC1CN(S(=O)(=O)c2cc(Cl)cc(CCl)c2F)CCS1. The van der Waals surface area contributed by atoms with E-state index in [0.717, 1.165) is 12.5 Å². The van der Waals surface area contributed by atoms with E-state index in [1.165, 1.54) is 10.4 Å². The molecule has 1 aliphatic rings. The summed E-state index contributed by atoms with van der Waals surface area (Å²) in [6.45, 7) is 2.79. The van der Waals surface area contributed by atoms with Crippen LogP contribution >= 0.6 is 35.0 Å². The predicted molar refractivity (Wildman–Crippen MR) is 86.3 cm³/mol. The Morgan fingerprint density at radius 1 is 1.48 bits per heavy atom. The van der Waals surface area contributed by atoms with Crippen molar-refractivity contribution in [2.45, 2.75) is 29.4 Å². The van der Waals surface area contributed by atoms with Gasteiger partial charge in [0, 0.05) is 34.7 Å². The first-order valence-electron chi connectivity index (χ1n) is 6.55. The molecular formula is C13H16Cl2FNO2S2. The first kappa shape index (κ1) is 17.3. The summed E-state index contributed by atoms with van der Waals surface area (Å²) in [7, 11) is -3.89. The van der Waals surface area contributed by atoms with E-state index in [2.05, 4.69) is 0 Å². The average Bonchev–Trinajstić information content (AvgIpc) is 2.49. The van der Waals surface area contributed by atoms with Gasteiger partial charge in [0.1, 0.15) is 10.7 Å². The molecule has 2 rings (SSSR count). The molecule has 0 aromatic heterocycles. The fourth-order valence-corrected chi connectivity index (χ4v) is 5.71. The molecule has 8 heteroatoms. The van der Waals surface area contributed by atoms with E-state index in [-0.39, 0.29) is 26.6 Å². The number of benzene rings is 1. The number of thioether (sulfide) groups is 1. The van der Waals surface area contributed by atoms with E-state index in [1.54, 1.807) is 11.8 Å². The highest BCUT2D eigenvalue weighted by atomic mass is 35.5. The van der Waals surface area contributed by atoms with Crippen molar-refractivity contribution >= 4 is 45.0 Å². The van der Waals surface area contributed by atoms with Gasteiger partial charge >= 0.3 is 0 Å². The Kier molecular flexibility index (Phi) is 5.82. The molecule has 0 aliphatic carbocycles. The van der Waals surface area contributed by atoms with Crippen LogP contribution in [0, 0.1) is 5.82 Å². The molecule has 0 bridgehead atoms. The Hall–Kier alpha value is -0.0100. The van der Waals surface area contributed by atoms with E-state index in [0.29, 0.717) is 18.8 Å². The zero-order chi connectivity index (χ0) is 15.6. The molecule has 0 radical (unpaired) electrons. The molecule has 1 heterocycles. The number of hydrogen-bond acceptors (Lipinski definition) is 3. The molecular weight excluding hydrogens is 356 g/mol. The predicted octanol–water partition coefficient (Wildman–Crippen LogP) is 3.73. The van der Waals surface area contributed by atoms with Crippen LogP contribution < -0.4 is 0 Å². The molecule has 1 aromatic carbocycles. The maximum absolute atomic E-state index is 14.3. The number of sulfonamides is 1. The molecule has 1 atom stereocenters. The minimum absolute atomic E-state index is 0.0983. The molecule has 118 valence electrons. The van der Waals surface area contributed by atoms with Crippen molar-refractivity contribution in [2.75, 3.05) is 18.8 Å². The van der Waals surface area contributed by atoms with Gasteiger partial charge in [-0.15, -0.1) is 11.6 Å². The van der Waals surface area contributed by atoms with Crippen molar-refractivity contribution < 1.29 is 12.8 Å². The topological polar surface area (TPSA) is 37.4 Å². The zero-order valence-electron chi connectivity index (χ0n) is 11.5. The smallest absolute Gasteiger partial charge is 0.207 e. The molecule has 1 fully saturated rings. The average molecular weight is 372 g/mol. The Bertz CT molecular complexity index is 625. The van der Waals surface area contributed by atoms with Crippen molar-refractivity contribution in [2.24, 2.45) is 0 Å². The largest absolute Gasteiger partial charge is 0.246 e. The number of nitrogens with zero attached hydrogens (tertiary/aromatic N) is 1. The highest BCUT2D eigenvalue weighted by molar-refractivity contribution is 8.00. The number of hydrogen-bond donors (Lipinski definition) is 0. The lowest BCUT2D eigenvalue weighted by atomic mass is 10.2. The van der Waals surface area contributed by atoms with E-state index >= 15 is 0 Å². The van der Waals surface area contributed by atoms with Crippen molar-refractivity contribution in [3.8, 4) is 0 Å². The summed E-state index contributed by atoms with van der Waals surface area (Å²) in [5.74, 6) is -0.217. The van der Waals surface area contributed by atoms with Gasteiger partial charge < -0.3 is 0 Å². The fourth-order valence-electron chi connectivity index (χ4n) is 2.20. The maximum atomic E-state index is 14.3. The molecule has 1 aromatic rings. The second-order valence-corrected chi connectivity index (χ2v) is 8.79. The van der Waals surface area contributed by atoms with E-state index in [9.17, 15) is 12.8 Å². The molecule has 1 aliphatic heterocycles. The van der Waals surface area contributed by atoms with Gasteiger partial charge in [0.25, 0.3) is 0 Å². The van der Waals surface area contributed by atoms with Crippen LogP contribution in [0.3, 0.4) is 0 Å². The normalized spacial score (nSPS) is 20.7. The summed E-state index contributed by atoms with van der Waals surface area (Å²) in [6.07, 6.45) is 0.877. The summed E-state index contributed by atoms with van der Waals surface area (Å²) in [5, 5.41) is 0.410. The lowest BCUT2D eigenvalue weighted by Gasteiger charge is -2.31. The van der Waals surface area contributed by atoms with Crippen LogP contribution in [-0.2, 0) is 15.9 Å². The van der Waals surface area contributed by atoms with Gasteiger partial charge in [-0.05, 0) is 18.6 Å². The summed E-state index contributed by atoms with van der Waals surface area (Å²) in [4.78, 5) is -0.382. The number of rotatable bonds is 4. The van der Waals surface area contributed by atoms with Gasteiger partial charge in [-0.25, -0.2) is 12.8 Å². The third-order valence-electron chi connectivity index (χ3n) is 3.40. The van der Waals surface area contributed by atoms with Gasteiger partial charge in [0.05, 0.1) is 5.88 Å². The first-order chi connectivity index (χ1) is 9.90. The lowest BCUT2D eigenvalue weighted by Crippen LogP contribution is -2.42. The molecule has 0 saturated carbocycles. The third kappa shape index (κ3) is 3.67. The van der Waals surface area contributed by atoms with Gasteiger partial charge in [0.15, 0.2) is 0 Å². The van der Waals surface area contributed by atoms with Crippen molar-refractivity contribution in [3.05, 3.63) is 28.5 Å². The second-order valence-electron chi connectivity index (χ2n) is 4.77. The number of alkyl halides is 1. The third-order valence-corrected chi connectivity index (χ3v) is 7.14. The summed E-state index contributed by atoms with van der Waals surface area (Å²) >= 11 is 13.3. The Morgan fingerprint density at radius 3 is 2.81 bits per heavy atom. The standard InChI is InChI=1S/C13H16Cl2FNO2S2/c1-2-11-8-17(3-4-20-11)21(18,19)12-6-10(15)5-9(7-14)13(12)16/h5-6,11H,2-4,7-8H2,1H3. The van der Waals surface area contributed by atoms with Crippen LogP contribution in [0.5, 0.6) is 0 Å². The fraction of sp³-hybridized carbons (Fsp3) is 0.538. The van der Waals surface area contributed by atoms with Crippen LogP contribution in [0.1, 0.15) is 18.9 Å². The van der Waals surface area contributed by atoms with Crippen LogP contribution in [0.2, 0.25) is 5.02 Å². The second kappa shape index (κ2) is 7.04. The van der Waals surface area contributed by atoms with Crippen molar-refractivity contribution in [3.63, 3.8) is 0 Å². The molecule has 21 heavy (non-hydrogen) atoms. The van der Waals surface area contributed by atoms with E-state index in [1.807, 2.05) is 6.92 Å². The van der Waals surface area contributed by atoms with Crippen LogP contribution in [-0.4, -0.2) is 36.8 Å². The first-order valence-corrected chi connectivity index (χ1v) is 9.96. The Labute approximate surface area is 138 Å². The summed E-state index contributed by atoms with van der Waals surface area (Å²) in [5.41, 5.74) is 0.0983. The van der Waals surface area contributed by atoms with Crippen LogP contribution in [0.15, 0.2) is 17.0 Å². The van der Waals surface area contributed by atoms with E-state index in [4.69, 9.17) is 23.2 Å². The molecule has 0 N–H and O–H groups in total. The quantitative estimate of drug-likeness (QED) is 0.756. The zero-order valence-corrected chi connectivity index (χ0v) is 14.6. The molecule has 1 unspecified atom stereocenters. The van der Waals surface area contributed by atoms with Crippen LogP contribution in [0.25, 0.3) is 0 Å². The lowest BCUT2D eigenvalue weighted by molar-refractivity contribution is 0.412. The van der Waals surface area contributed by atoms with Crippen molar-refractivity contribution in [1.29, 1.82) is 0 Å². The van der Waals surface area contributed by atoms with Crippen molar-refractivity contribution in [1.82, 2.24) is 4.31 Å². The maximum Gasteiger partial charge on any atom is 0.246 e. The van der Waals surface area contributed by atoms with Gasteiger partial charge in [-0.3, -0.25) is 0 Å². The summed E-state index contributed by atoms with van der Waals surface area (Å²) in [6, 6.07) is 2.51. The molecule has 0 spiro atoms. The highest BCUT2D eigenvalue weighted by Crippen LogP contribution is 2.30. The van der Waals surface area contributed by atoms with Gasteiger partial charge in [-0.2, -0.15) is 16.1 Å². The molecule has 1 saturated heterocycles. The Morgan fingerprint density at radius 2 is 2.19 bits per heavy atom. The highest BCUT2D eigenvalue weighted by Gasteiger charge is 2.32. The number of halogens is 3. The Balaban J connectivity index is 2.42. The summed E-state index contributed by atoms with van der Waals surface area (Å²) < 4.78 is 41.0. The molecule has 0 amide bonds.